The molecule has 8 aromatic carbocycles. The van der Waals surface area contributed by atoms with Gasteiger partial charge in [-0.1, -0.05) is 127 Å². The van der Waals surface area contributed by atoms with Gasteiger partial charge < -0.3 is 4.90 Å². The largest absolute Gasteiger partial charge is 0.310 e. The first-order chi connectivity index (χ1) is 24.3. The number of hydrogen-bond acceptors (Lipinski definition) is 3. The SMILES string of the molecule is c1ccc(-c2ccc(N(c3ccc(-c4cccc5c4sc4c6ccccc6ccc54)cc3)c3ccc4sc5ccccc5c4c3)cc2)cc1. The van der Waals surface area contributed by atoms with Crippen LogP contribution in [0, 0.1) is 0 Å². The third kappa shape index (κ3) is 4.74. The van der Waals surface area contributed by atoms with Crippen LogP contribution in [0.4, 0.5) is 17.1 Å². The molecule has 0 atom stereocenters. The Labute approximate surface area is 292 Å². The van der Waals surface area contributed by atoms with E-state index < -0.39 is 0 Å². The van der Waals surface area contributed by atoms with Gasteiger partial charge in [-0.2, -0.15) is 0 Å². The zero-order chi connectivity index (χ0) is 32.3. The number of fused-ring (bicyclic) bond motifs is 8. The van der Waals surface area contributed by atoms with Crippen LogP contribution in [0.3, 0.4) is 0 Å². The van der Waals surface area contributed by atoms with Gasteiger partial charge in [0.1, 0.15) is 0 Å². The molecule has 1 nitrogen and oxygen atoms in total. The van der Waals surface area contributed by atoms with Crippen molar-refractivity contribution in [1.29, 1.82) is 0 Å². The minimum absolute atomic E-state index is 1.13. The molecule has 0 unspecified atom stereocenters. The van der Waals surface area contributed by atoms with E-state index in [1.165, 1.54) is 73.4 Å². The lowest BCUT2D eigenvalue weighted by atomic mass is 10.0. The molecule has 0 aliphatic carbocycles. The molecular formula is C46H29NS2. The summed E-state index contributed by atoms with van der Waals surface area (Å²) < 4.78 is 5.33. The molecule has 10 rings (SSSR count). The summed E-state index contributed by atoms with van der Waals surface area (Å²) in [6.45, 7) is 0. The fourth-order valence-corrected chi connectivity index (χ4v) is 9.74. The Hall–Kier alpha value is -5.74. The van der Waals surface area contributed by atoms with Crippen LogP contribution in [0.1, 0.15) is 0 Å². The van der Waals surface area contributed by atoms with Gasteiger partial charge in [0.25, 0.3) is 0 Å². The van der Waals surface area contributed by atoms with Crippen LogP contribution in [0.15, 0.2) is 176 Å². The fraction of sp³-hybridized carbons (Fsp3) is 0. The minimum Gasteiger partial charge on any atom is -0.310 e. The summed E-state index contributed by atoms with van der Waals surface area (Å²) in [7, 11) is 0. The second-order valence-corrected chi connectivity index (χ2v) is 14.6. The Kier molecular flexibility index (Phi) is 6.61. The van der Waals surface area contributed by atoms with Gasteiger partial charge in [0, 0.05) is 57.4 Å². The predicted molar refractivity (Wildman–Crippen MR) is 215 cm³/mol. The molecule has 2 heterocycles. The van der Waals surface area contributed by atoms with E-state index in [4.69, 9.17) is 0 Å². The molecule has 2 aromatic heterocycles. The van der Waals surface area contributed by atoms with Crippen LogP contribution in [-0.2, 0) is 0 Å². The number of rotatable bonds is 5. The Bertz CT molecular complexity index is 2810. The zero-order valence-corrected chi connectivity index (χ0v) is 28.1. The molecule has 0 fully saturated rings. The molecule has 0 amide bonds. The molecule has 0 N–H and O–H groups in total. The summed E-state index contributed by atoms with van der Waals surface area (Å²) in [6, 6.07) is 64.3. The highest BCUT2D eigenvalue weighted by atomic mass is 32.1. The van der Waals surface area contributed by atoms with Crippen LogP contribution in [0.25, 0.3) is 73.4 Å². The highest BCUT2D eigenvalue weighted by molar-refractivity contribution is 7.27. The lowest BCUT2D eigenvalue weighted by Gasteiger charge is -2.26. The van der Waals surface area contributed by atoms with Crippen molar-refractivity contribution < 1.29 is 0 Å². The highest BCUT2D eigenvalue weighted by Gasteiger charge is 2.17. The third-order valence-corrected chi connectivity index (χ3v) is 12.1. The van der Waals surface area contributed by atoms with Gasteiger partial charge in [-0.3, -0.25) is 0 Å². The van der Waals surface area contributed by atoms with E-state index in [-0.39, 0.29) is 0 Å². The topological polar surface area (TPSA) is 3.24 Å². The van der Waals surface area contributed by atoms with Gasteiger partial charge in [-0.05, 0) is 81.6 Å². The second kappa shape index (κ2) is 11.5. The standard InChI is InChI=1S/C46H29NS2/c1-2-9-30(10-3-1)31-17-22-34(23-18-31)47(36-26-28-44-42(29-36)39-13-6-7-16-43(39)48-44)35-24-19-33(20-25-35)38-14-8-15-40-41-27-21-32-11-4-5-12-37(32)46(41)49-45(38)40/h1-29H. The summed E-state index contributed by atoms with van der Waals surface area (Å²) in [5, 5.41) is 7.88. The fourth-order valence-electron chi connectivity index (χ4n) is 7.28. The van der Waals surface area contributed by atoms with Gasteiger partial charge in [0.2, 0.25) is 0 Å². The van der Waals surface area contributed by atoms with E-state index in [1.807, 2.05) is 22.7 Å². The summed E-state index contributed by atoms with van der Waals surface area (Å²) in [6.07, 6.45) is 0. The first kappa shape index (κ1) is 28.3. The van der Waals surface area contributed by atoms with Crippen molar-refractivity contribution in [2.45, 2.75) is 0 Å². The lowest BCUT2D eigenvalue weighted by Crippen LogP contribution is -2.09. The van der Waals surface area contributed by atoms with Crippen LogP contribution in [-0.4, -0.2) is 0 Å². The smallest absolute Gasteiger partial charge is 0.0468 e. The van der Waals surface area contributed by atoms with Gasteiger partial charge in [0.15, 0.2) is 0 Å². The summed E-state index contributed by atoms with van der Waals surface area (Å²) in [4.78, 5) is 2.39. The molecule has 0 spiro atoms. The first-order valence-corrected chi connectivity index (χ1v) is 18.2. The van der Waals surface area contributed by atoms with Crippen LogP contribution >= 0.6 is 22.7 Å². The van der Waals surface area contributed by atoms with Crippen molar-refractivity contribution in [3.63, 3.8) is 0 Å². The van der Waals surface area contributed by atoms with Crippen molar-refractivity contribution in [3.8, 4) is 22.3 Å². The predicted octanol–water partition coefficient (Wildman–Crippen LogP) is 14.4. The van der Waals surface area contributed by atoms with Crippen molar-refractivity contribution in [2.75, 3.05) is 4.90 Å². The second-order valence-electron chi connectivity index (χ2n) is 12.5. The van der Waals surface area contributed by atoms with Crippen LogP contribution < -0.4 is 4.90 Å². The maximum atomic E-state index is 2.39. The molecular weight excluding hydrogens is 631 g/mol. The molecule has 0 bridgehead atoms. The van der Waals surface area contributed by atoms with E-state index in [9.17, 15) is 0 Å². The van der Waals surface area contributed by atoms with Gasteiger partial charge in [-0.15, -0.1) is 22.7 Å². The van der Waals surface area contributed by atoms with Gasteiger partial charge >= 0.3 is 0 Å². The van der Waals surface area contributed by atoms with Crippen LogP contribution in [0.5, 0.6) is 0 Å². The normalized spacial score (nSPS) is 11.7. The Balaban J connectivity index is 1.10. The molecule has 3 heteroatoms. The molecule has 10 aromatic rings. The molecule has 0 radical (unpaired) electrons. The maximum Gasteiger partial charge on any atom is 0.0468 e. The van der Waals surface area contributed by atoms with Crippen molar-refractivity contribution in [2.24, 2.45) is 0 Å². The monoisotopic (exact) mass is 659 g/mol. The van der Waals surface area contributed by atoms with Gasteiger partial charge in [0.05, 0.1) is 0 Å². The van der Waals surface area contributed by atoms with E-state index in [2.05, 4.69) is 181 Å². The van der Waals surface area contributed by atoms with E-state index >= 15 is 0 Å². The summed E-state index contributed by atoms with van der Waals surface area (Å²) in [5.74, 6) is 0. The maximum absolute atomic E-state index is 2.39. The van der Waals surface area contributed by atoms with Crippen molar-refractivity contribution in [3.05, 3.63) is 176 Å². The highest BCUT2D eigenvalue weighted by Crippen LogP contribution is 2.44. The number of thiophene rings is 2. The third-order valence-electron chi connectivity index (χ3n) is 9.68. The van der Waals surface area contributed by atoms with E-state index in [0.29, 0.717) is 0 Å². The molecule has 0 aliphatic rings. The van der Waals surface area contributed by atoms with Crippen molar-refractivity contribution in [1.82, 2.24) is 0 Å². The van der Waals surface area contributed by atoms with Crippen LogP contribution in [0.2, 0.25) is 0 Å². The zero-order valence-electron chi connectivity index (χ0n) is 26.5. The lowest BCUT2D eigenvalue weighted by molar-refractivity contribution is 1.29. The Morgan fingerprint density at radius 3 is 1.76 bits per heavy atom. The summed E-state index contributed by atoms with van der Waals surface area (Å²) in [5.41, 5.74) is 8.34. The van der Waals surface area contributed by atoms with Crippen molar-refractivity contribution >= 4 is 90.9 Å². The molecule has 0 saturated heterocycles. The molecule has 0 saturated carbocycles. The summed E-state index contributed by atoms with van der Waals surface area (Å²) >= 11 is 3.77. The van der Waals surface area contributed by atoms with E-state index in [0.717, 1.165) is 17.1 Å². The Morgan fingerprint density at radius 1 is 0.327 bits per heavy atom. The number of benzene rings is 8. The number of nitrogens with zero attached hydrogens (tertiary/aromatic N) is 1. The average molecular weight is 660 g/mol. The quantitative estimate of drug-likeness (QED) is 0.178. The minimum atomic E-state index is 1.13. The average Bonchev–Trinajstić information content (AvgIpc) is 3.75. The number of anilines is 3. The van der Waals surface area contributed by atoms with E-state index in [1.54, 1.807) is 0 Å². The molecule has 49 heavy (non-hydrogen) atoms. The first-order valence-electron chi connectivity index (χ1n) is 16.6. The number of hydrogen-bond donors (Lipinski definition) is 0. The van der Waals surface area contributed by atoms with Gasteiger partial charge in [-0.25, -0.2) is 0 Å². The molecule has 230 valence electrons. The Morgan fingerprint density at radius 2 is 0.939 bits per heavy atom. The molecule has 0 aliphatic heterocycles.